The van der Waals surface area contributed by atoms with Gasteiger partial charge in [-0.3, -0.25) is 5.10 Å². The van der Waals surface area contributed by atoms with Gasteiger partial charge >= 0.3 is 6.18 Å². The Bertz CT molecular complexity index is 786. The number of H-pyrrole nitrogens is 1. The monoisotopic (exact) mass is 338 g/mol. The number of rotatable bonds is 4. The van der Waals surface area contributed by atoms with Crippen molar-refractivity contribution < 1.29 is 26.0 Å². The Kier molecular flexibility index (Phi) is 4.11. The molecule has 0 aliphatic rings. The number of aromatic nitrogens is 2. The SMILES string of the molecule is Cc1[nH]nc(C(F)(F)F)c1S(=O)(=O)NNc1cccc(F)c1. The van der Waals surface area contributed by atoms with E-state index in [1.54, 1.807) is 4.83 Å². The summed E-state index contributed by atoms with van der Waals surface area (Å²) in [5.74, 6) is -0.639. The van der Waals surface area contributed by atoms with Gasteiger partial charge in [-0.15, -0.1) is 4.83 Å². The van der Waals surface area contributed by atoms with Crippen LogP contribution in [0.15, 0.2) is 29.2 Å². The first-order valence-electron chi connectivity index (χ1n) is 5.77. The van der Waals surface area contributed by atoms with Crippen LogP contribution in [-0.4, -0.2) is 18.6 Å². The van der Waals surface area contributed by atoms with Crippen LogP contribution in [0.3, 0.4) is 0 Å². The Labute approximate surface area is 122 Å². The van der Waals surface area contributed by atoms with Gasteiger partial charge in [0.2, 0.25) is 0 Å². The molecule has 120 valence electrons. The fourth-order valence-electron chi connectivity index (χ4n) is 1.68. The molecule has 0 aliphatic heterocycles. The predicted molar refractivity (Wildman–Crippen MR) is 68.7 cm³/mol. The molecule has 6 nitrogen and oxygen atoms in total. The molecule has 0 saturated heterocycles. The Hall–Kier alpha value is -2.14. The standard InChI is InChI=1S/C11H10F4N4O2S/c1-6-9(10(18-16-6)11(13,14)15)22(20,21)19-17-8-4-2-3-7(12)5-8/h2-5,17,19H,1H3,(H,16,18). The molecule has 11 heteroatoms. The van der Waals surface area contributed by atoms with E-state index in [-0.39, 0.29) is 11.4 Å². The third-order valence-corrected chi connectivity index (χ3v) is 3.99. The molecule has 0 amide bonds. The molecule has 1 aromatic carbocycles. The summed E-state index contributed by atoms with van der Waals surface area (Å²) >= 11 is 0. The van der Waals surface area contributed by atoms with Crippen LogP contribution in [0.4, 0.5) is 23.2 Å². The molecule has 0 bridgehead atoms. The van der Waals surface area contributed by atoms with E-state index in [9.17, 15) is 26.0 Å². The van der Waals surface area contributed by atoms with Crippen LogP contribution in [0.1, 0.15) is 11.4 Å². The number of sulfonamides is 1. The summed E-state index contributed by atoms with van der Waals surface area (Å²) in [5, 5.41) is 4.95. The van der Waals surface area contributed by atoms with E-state index in [4.69, 9.17) is 0 Å². The van der Waals surface area contributed by atoms with Crippen LogP contribution < -0.4 is 10.3 Å². The largest absolute Gasteiger partial charge is 0.436 e. The fourth-order valence-corrected chi connectivity index (χ4v) is 2.90. The van der Waals surface area contributed by atoms with E-state index >= 15 is 0 Å². The minimum absolute atomic E-state index is 0.0262. The van der Waals surface area contributed by atoms with Crippen molar-refractivity contribution in [2.45, 2.75) is 18.0 Å². The Morgan fingerprint density at radius 3 is 2.55 bits per heavy atom. The van der Waals surface area contributed by atoms with E-state index in [1.807, 2.05) is 5.10 Å². The summed E-state index contributed by atoms with van der Waals surface area (Å²) < 4.78 is 75.3. The zero-order chi connectivity index (χ0) is 16.5. The second-order valence-corrected chi connectivity index (χ2v) is 5.88. The molecule has 22 heavy (non-hydrogen) atoms. The molecule has 2 aromatic rings. The Morgan fingerprint density at radius 2 is 1.95 bits per heavy atom. The van der Waals surface area contributed by atoms with Crippen molar-refractivity contribution in [2.75, 3.05) is 5.43 Å². The normalized spacial score (nSPS) is 12.4. The van der Waals surface area contributed by atoms with Gasteiger partial charge in [-0.05, 0) is 25.1 Å². The van der Waals surface area contributed by atoms with Gasteiger partial charge in [0.05, 0.1) is 11.4 Å². The van der Waals surface area contributed by atoms with Gasteiger partial charge in [0.25, 0.3) is 10.0 Å². The summed E-state index contributed by atoms with van der Waals surface area (Å²) in [6.45, 7) is 1.14. The van der Waals surface area contributed by atoms with Gasteiger partial charge in [-0.1, -0.05) is 6.07 Å². The van der Waals surface area contributed by atoms with Gasteiger partial charge < -0.3 is 5.43 Å². The number of benzene rings is 1. The fraction of sp³-hybridized carbons (Fsp3) is 0.182. The minimum Gasteiger partial charge on any atom is -0.308 e. The average molecular weight is 338 g/mol. The maximum atomic E-state index is 13.0. The number of anilines is 1. The van der Waals surface area contributed by atoms with Crippen molar-refractivity contribution in [3.63, 3.8) is 0 Å². The lowest BCUT2D eigenvalue weighted by molar-refractivity contribution is -0.143. The zero-order valence-corrected chi connectivity index (χ0v) is 11.8. The van der Waals surface area contributed by atoms with Gasteiger partial charge in [0.15, 0.2) is 5.69 Å². The van der Waals surface area contributed by atoms with E-state index in [1.165, 1.54) is 12.1 Å². The molecule has 0 aliphatic carbocycles. The molecule has 1 aromatic heterocycles. The molecule has 0 fully saturated rings. The first-order valence-corrected chi connectivity index (χ1v) is 7.25. The third-order valence-electron chi connectivity index (χ3n) is 2.58. The van der Waals surface area contributed by atoms with Crippen molar-refractivity contribution in [3.05, 3.63) is 41.5 Å². The van der Waals surface area contributed by atoms with Gasteiger partial charge in [-0.2, -0.15) is 18.3 Å². The number of nitrogens with one attached hydrogen (secondary N) is 3. The molecule has 3 N–H and O–H groups in total. The highest BCUT2D eigenvalue weighted by atomic mass is 32.2. The summed E-state index contributed by atoms with van der Waals surface area (Å²) in [6, 6.07) is 4.73. The van der Waals surface area contributed by atoms with Gasteiger partial charge in [0.1, 0.15) is 10.7 Å². The second-order valence-electron chi connectivity index (χ2n) is 4.26. The van der Waals surface area contributed by atoms with Gasteiger partial charge in [-0.25, -0.2) is 12.8 Å². The number of aromatic amines is 1. The maximum absolute atomic E-state index is 13.0. The molecule has 0 atom stereocenters. The van der Waals surface area contributed by atoms with Crippen LogP contribution in [0.5, 0.6) is 0 Å². The first kappa shape index (κ1) is 16.2. The van der Waals surface area contributed by atoms with Crippen LogP contribution >= 0.6 is 0 Å². The first-order chi connectivity index (χ1) is 10.1. The average Bonchev–Trinajstić information content (AvgIpc) is 2.79. The Balaban J connectivity index is 2.30. The molecule has 2 rings (SSSR count). The topological polar surface area (TPSA) is 86.9 Å². The lowest BCUT2D eigenvalue weighted by Crippen LogP contribution is -2.31. The van der Waals surface area contributed by atoms with Gasteiger partial charge in [0, 0.05) is 0 Å². The summed E-state index contributed by atoms with van der Waals surface area (Å²) in [7, 11) is -4.57. The van der Waals surface area contributed by atoms with E-state index in [2.05, 4.69) is 10.5 Å². The number of aryl methyl sites for hydroxylation is 1. The zero-order valence-electron chi connectivity index (χ0n) is 11.0. The van der Waals surface area contributed by atoms with E-state index < -0.39 is 32.6 Å². The molecular formula is C11H10F4N4O2S. The second kappa shape index (κ2) is 5.57. The molecule has 1 heterocycles. The molecule has 0 saturated carbocycles. The summed E-state index contributed by atoms with van der Waals surface area (Å²) in [4.78, 5) is 0.730. The van der Waals surface area contributed by atoms with Crippen molar-refractivity contribution in [1.82, 2.24) is 15.0 Å². The van der Waals surface area contributed by atoms with Crippen molar-refractivity contribution in [1.29, 1.82) is 0 Å². The highest BCUT2D eigenvalue weighted by Crippen LogP contribution is 2.33. The molecular weight excluding hydrogens is 328 g/mol. The Morgan fingerprint density at radius 1 is 1.27 bits per heavy atom. The highest BCUT2D eigenvalue weighted by Gasteiger charge is 2.41. The minimum atomic E-state index is -4.94. The smallest absolute Gasteiger partial charge is 0.308 e. The number of hydrogen-bond donors (Lipinski definition) is 3. The number of halogens is 4. The quantitative estimate of drug-likeness (QED) is 0.589. The highest BCUT2D eigenvalue weighted by molar-refractivity contribution is 7.89. The lowest BCUT2D eigenvalue weighted by atomic mass is 10.3. The molecule has 0 spiro atoms. The van der Waals surface area contributed by atoms with Crippen LogP contribution in [0.25, 0.3) is 0 Å². The predicted octanol–water partition coefficient (Wildman–Crippen LogP) is 2.18. The molecule has 0 unspecified atom stereocenters. The summed E-state index contributed by atoms with van der Waals surface area (Å²) in [5.41, 5.74) is 0.325. The molecule has 0 radical (unpaired) electrons. The van der Waals surface area contributed by atoms with Crippen LogP contribution in [0, 0.1) is 12.7 Å². The van der Waals surface area contributed by atoms with Crippen LogP contribution in [-0.2, 0) is 16.2 Å². The third kappa shape index (κ3) is 3.36. The number of hydrogen-bond acceptors (Lipinski definition) is 4. The maximum Gasteiger partial charge on any atom is 0.436 e. The van der Waals surface area contributed by atoms with Crippen LogP contribution in [0.2, 0.25) is 0 Å². The number of hydrazine groups is 1. The van der Waals surface area contributed by atoms with Crippen molar-refractivity contribution in [3.8, 4) is 0 Å². The van der Waals surface area contributed by atoms with E-state index in [0.717, 1.165) is 19.1 Å². The van der Waals surface area contributed by atoms with Crippen molar-refractivity contribution >= 4 is 15.7 Å². The van der Waals surface area contributed by atoms with Crippen molar-refractivity contribution in [2.24, 2.45) is 0 Å². The lowest BCUT2D eigenvalue weighted by Gasteiger charge is -2.11. The summed E-state index contributed by atoms with van der Waals surface area (Å²) in [6.07, 6.45) is -4.94. The van der Waals surface area contributed by atoms with E-state index in [0.29, 0.717) is 0 Å². The number of alkyl halides is 3. The number of nitrogens with zero attached hydrogens (tertiary/aromatic N) is 1.